The van der Waals surface area contributed by atoms with Crippen molar-refractivity contribution in [1.82, 2.24) is 0 Å². The highest BCUT2D eigenvalue weighted by Crippen LogP contribution is 2.32. The number of hydrogen-bond donors (Lipinski definition) is 0. The fraction of sp³-hybridized carbons (Fsp3) is 0.350. The summed E-state index contributed by atoms with van der Waals surface area (Å²) in [6, 6.07) is 19.1. The Morgan fingerprint density at radius 3 is 2.00 bits per heavy atom. The zero-order valence-corrected chi connectivity index (χ0v) is 15.7. The lowest BCUT2D eigenvalue weighted by Gasteiger charge is -2.33. The highest BCUT2D eigenvalue weighted by Gasteiger charge is 2.33. The SMILES string of the molecule is CC(=O)O[C@@H](C)c1ccccc1[C@H](C)[Si](C)(C)c1ccccc1. The molecule has 2 rings (SSSR count). The van der Waals surface area contributed by atoms with E-state index in [1.165, 1.54) is 17.7 Å². The summed E-state index contributed by atoms with van der Waals surface area (Å²) in [5.74, 6) is -0.237. The Morgan fingerprint density at radius 2 is 1.43 bits per heavy atom. The second-order valence-corrected chi connectivity index (χ2v) is 11.6. The smallest absolute Gasteiger partial charge is 0.303 e. The van der Waals surface area contributed by atoms with Crippen molar-refractivity contribution in [2.45, 2.75) is 45.5 Å². The van der Waals surface area contributed by atoms with Gasteiger partial charge in [-0.2, -0.15) is 0 Å². The van der Waals surface area contributed by atoms with Crippen molar-refractivity contribution in [2.24, 2.45) is 0 Å². The fourth-order valence-corrected chi connectivity index (χ4v) is 5.69. The Hall–Kier alpha value is -1.87. The number of carbonyl (C=O) groups is 1. The van der Waals surface area contributed by atoms with Crippen LogP contribution >= 0.6 is 0 Å². The first kappa shape index (κ1) is 17.5. The molecule has 2 aromatic carbocycles. The third kappa shape index (κ3) is 3.91. The van der Waals surface area contributed by atoms with Gasteiger partial charge in [0.25, 0.3) is 0 Å². The minimum absolute atomic E-state index is 0.216. The van der Waals surface area contributed by atoms with Crippen LogP contribution < -0.4 is 5.19 Å². The van der Waals surface area contributed by atoms with Crippen molar-refractivity contribution >= 4 is 19.2 Å². The molecule has 0 N–H and O–H groups in total. The maximum Gasteiger partial charge on any atom is 0.303 e. The van der Waals surface area contributed by atoms with Crippen LogP contribution in [0.5, 0.6) is 0 Å². The Bertz CT molecular complexity index is 664. The number of benzene rings is 2. The summed E-state index contributed by atoms with van der Waals surface area (Å²) < 4.78 is 5.42. The van der Waals surface area contributed by atoms with Crippen LogP contribution in [0.4, 0.5) is 0 Å². The lowest BCUT2D eigenvalue weighted by Crippen LogP contribution is -2.46. The Balaban J connectivity index is 2.40. The van der Waals surface area contributed by atoms with Crippen molar-refractivity contribution in [3.8, 4) is 0 Å². The van der Waals surface area contributed by atoms with Crippen molar-refractivity contribution in [2.75, 3.05) is 0 Å². The van der Waals surface area contributed by atoms with E-state index in [0.717, 1.165) is 5.56 Å². The van der Waals surface area contributed by atoms with Crippen LogP contribution in [0, 0.1) is 0 Å². The number of esters is 1. The number of hydrogen-bond acceptors (Lipinski definition) is 2. The molecule has 2 nitrogen and oxygen atoms in total. The maximum absolute atomic E-state index is 11.3. The van der Waals surface area contributed by atoms with Crippen LogP contribution in [0.25, 0.3) is 0 Å². The molecule has 0 aliphatic heterocycles. The van der Waals surface area contributed by atoms with Gasteiger partial charge in [-0.15, -0.1) is 0 Å². The molecule has 0 aromatic heterocycles. The quantitative estimate of drug-likeness (QED) is 0.594. The van der Waals surface area contributed by atoms with Gasteiger partial charge in [0.05, 0.1) is 8.07 Å². The average molecular weight is 327 g/mol. The van der Waals surface area contributed by atoms with Crippen LogP contribution in [-0.4, -0.2) is 14.0 Å². The molecule has 0 aliphatic carbocycles. The predicted molar refractivity (Wildman–Crippen MR) is 98.6 cm³/mol. The summed E-state index contributed by atoms with van der Waals surface area (Å²) in [5.41, 5.74) is 2.84. The molecule has 0 saturated heterocycles. The first-order valence-corrected chi connectivity index (χ1v) is 11.2. The summed E-state index contributed by atoms with van der Waals surface area (Å²) in [6.07, 6.45) is -0.216. The molecular weight excluding hydrogens is 300 g/mol. The number of carbonyl (C=O) groups excluding carboxylic acids is 1. The Morgan fingerprint density at radius 1 is 0.913 bits per heavy atom. The van der Waals surface area contributed by atoms with Crippen molar-refractivity contribution in [1.29, 1.82) is 0 Å². The van der Waals surface area contributed by atoms with Gasteiger partial charge in [0.1, 0.15) is 6.10 Å². The topological polar surface area (TPSA) is 26.3 Å². The van der Waals surface area contributed by atoms with Crippen molar-refractivity contribution < 1.29 is 9.53 Å². The standard InChI is InChI=1S/C20H26O2Si/c1-15(22-17(3)21)19-13-9-10-14-20(19)16(2)23(4,5)18-11-7-6-8-12-18/h6-16H,1-5H3/t15-,16-/m0/s1. The second-order valence-electron chi connectivity index (χ2n) is 6.69. The maximum atomic E-state index is 11.3. The van der Waals surface area contributed by atoms with Crippen molar-refractivity contribution in [3.63, 3.8) is 0 Å². The molecule has 0 radical (unpaired) electrons. The van der Waals surface area contributed by atoms with Crippen LogP contribution in [-0.2, 0) is 9.53 Å². The molecule has 0 spiro atoms. The first-order chi connectivity index (χ1) is 10.8. The van der Waals surface area contributed by atoms with Gasteiger partial charge in [-0.05, 0) is 23.6 Å². The molecule has 0 fully saturated rings. The van der Waals surface area contributed by atoms with E-state index in [9.17, 15) is 4.79 Å². The van der Waals surface area contributed by atoms with Gasteiger partial charge in [-0.1, -0.05) is 79.8 Å². The van der Waals surface area contributed by atoms with Gasteiger partial charge in [-0.25, -0.2) is 0 Å². The molecule has 0 aliphatic rings. The largest absolute Gasteiger partial charge is 0.458 e. The highest BCUT2D eigenvalue weighted by molar-refractivity contribution is 6.90. The number of rotatable bonds is 5. The summed E-state index contributed by atoms with van der Waals surface area (Å²) in [7, 11) is -1.68. The third-order valence-corrected chi connectivity index (χ3v) is 9.14. The van der Waals surface area contributed by atoms with Gasteiger partial charge in [0, 0.05) is 6.92 Å². The molecule has 2 atom stereocenters. The molecule has 0 amide bonds. The molecule has 0 saturated carbocycles. The lowest BCUT2D eigenvalue weighted by molar-refractivity contribution is -0.145. The van der Waals surface area contributed by atoms with Gasteiger partial charge < -0.3 is 4.74 Å². The number of ether oxygens (including phenoxy) is 1. The summed E-state index contributed by atoms with van der Waals surface area (Å²) in [4.78, 5) is 11.3. The molecular formula is C20H26O2Si. The molecule has 0 bridgehead atoms. The van der Waals surface area contributed by atoms with E-state index >= 15 is 0 Å². The van der Waals surface area contributed by atoms with E-state index < -0.39 is 8.07 Å². The first-order valence-electron chi connectivity index (χ1n) is 8.15. The molecule has 0 heterocycles. The fourth-order valence-electron chi connectivity index (χ4n) is 3.09. The van der Waals surface area contributed by atoms with Gasteiger partial charge in [-0.3, -0.25) is 4.79 Å². The summed E-state index contributed by atoms with van der Waals surface area (Å²) >= 11 is 0. The van der Waals surface area contributed by atoms with Gasteiger partial charge in [0.15, 0.2) is 0 Å². The van der Waals surface area contributed by atoms with Gasteiger partial charge in [0.2, 0.25) is 0 Å². The van der Waals surface area contributed by atoms with E-state index in [0.29, 0.717) is 5.54 Å². The average Bonchev–Trinajstić information content (AvgIpc) is 2.54. The lowest BCUT2D eigenvalue weighted by atomic mass is 10.0. The van der Waals surface area contributed by atoms with Crippen molar-refractivity contribution in [3.05, 3.63) is 65.7 Å². The van der Waals surface area contributed by atoms with E-state index in [-0.39, 0.29) is 12.1 Å². The van der Waals surface area contributed by atoms with Crippen LogP contribution in [0.1, 0.15) is 43.5 Å². The van der Waals surface area contributed by atoms with Crippen LogP contribution in [0.2, 0.25) is 13.1 Å². The molecule has 0 unspecified atom stereocenters. The molecule has 2 aromatic rings. The zero-order chi connectivity index (χ0) is 17.0. The zero-order valence-electron chi connectivity index (χ0n) is 14.7. The second kappa shape index (κ2) is 7.13. The van der Waals surface area contributed by atoms with Crippen LogP contribution in [0.3, 0.4) is 0 Å². The Labute approximate surface area is 140 Å². The molecule has 3 heteroatoms. The monoisotopic (exact) mass is 326 g/mol. The predicted octanol–water partition coefficient (Wildman–Crippen LogP) is 4.57. The van der Waals surface area contributed by atoms with Crippen LogP contribution in [0.15, 0.2) is 54.6 Å². The molecule has 23 heavy (non-hydrogen) atoms. The van der Waals surface area contributed by atoms with E-state index in [1.54, 1.807) is 0 Å². The highest BCUT2D eigenvalue weighted by atomic mass is 28.3. The Kier molecular flexibility index (Phi) is 5.42. The minimum Gasteiger partial charge on any atom is -0.458 e. The van der Waals surface area contributed by atoms with E-state index in [2.05, 4.69) is 68.5 Å². The summed E-state index contributed by atoms with van der Waals surface area (Å²) in [6.45, 7) is 10.5. The minimum atomic E-state index is -1.68. The summed E-state index contributed by atoms with van der Waals surface area (Å²) in [5, 5.41) is 1.45. The van der Waals surface area contributed by atoms with E-state index in [4.69, 9.17) is 4.74 Å². The third-order valence-electron chi connectivity index (χ3n) is 4.84. The normalized spacial score (nSPS) is 14.1. The van der Waals surface area contributed by atoms with Gasteiger partial charge >= 0.3 is 5.97 Å². The molecule has 122 valence electrons. The van der Waals surface area contributed by atoms with E-state index in [1.807, 2.05) is 13.0 Å².